The van der Waals surface area contributed by atoms with Crippen molar-refractivity contribution < 1.29 is 14.3 Å². The lowest BCUT2D eigenvalue weighted by atomic mass is 10.1. The Morgan fingerprint density at radius 2 is 1.53 bits per heavy atom. The van der Waals surface area contributed by atoms with Crippen molar-refractivity contribution in [3.8, 4) is 5.75 Å². The first-order chi connectivity index (χ1) is 17.7. The number of likely N-dealkylation sites (tertiary alicyclic amines) is 1. The van der Waals surface area contributed by atoms with Gasteiger partial charge in [-0.05, 0) is 74.3 Å². The van der Waals surface area contributed by atoms with Crippen LogP contribution in [0.25, 0.3) is 0 Å². The van der Waals surface area contributed by atoms with Crippen molar-refractivity contribution in [2.24, 2.45) is 0 Å². The van der Waals surface area contributed by atoms with E-state index in [0.29, 0.717) is 29.2 Å². The molecule has 6 heteroatoms. The molecule has 186 valence electrons. The number of nitrogens with zero attached hydrogens (tertiary/aromatic N) is 2. The van der Waals surface area contributed by atoms with Gasteiger partial charge < -0.3 is 15.0 Å². The Morgan fingerprint density at radius 3 is 2.31 bits per heavy atom. The van der Waals surface area contributed by atoms with Crippen LogP contribution >= 0.6 is 0 Å². The summed E-state index contributed by atoms with van der Waals surface area (Å²) < 4.78 is 5.96. The molecule has 0 saturated carbocycles. The van der Waals surface area contributed by atoms with Gasteiger partial charge >= 0.3 is 0 Å². The van der Waals surface area contributed by atoms with Crippen molar-refractivity contribution in [1.82, 2.24) is 4.90 Å². The summed E-state index contributed by atoms with van der Waals surface area (Å²) in [5.74, 6) is 0.505. The molecule has 3 aromatic carbocycles. The summed E-state index contributed by atoms with van der Waals surface area (Å²) >= 11 is 0. The summed E-state index contributed by atoms with van der Waals surface area (Å²) in [5.41, 5.74) is 3.26. The van der Waals surface area contributed by atoms with E-state index in [1.54, 1.807) is 11.0 Å². The molecule has 0 aliphatic carbocycles. The highest BCUT2D eigenvalue weighted by molar-refractivity contribution is 6.17. The van der Waals surface area contributed by atoms with Gasteiger partial charge in [-0.1, -0.05) is 49.2 Å². The zero-order chi connectivity index (χ0) is 24.7. The van der Waals surface area contributed by atoms with E-state index < -0.39 is 0 Å². The lowest BCUT2D eigenvalue weighted by Crippen LogP contribution is -2.28. The first-order valence-corrected chi connectivity index (χ1v) is 13.0. The van der Waals surface area contributed by atoms with E-state index in [-0.39, 0.29) is 18.2 Å². The smallest absolute Gasteiger partial charge is 0.257 e. The van der Waals surface area contributed by atoms with E-state index in [4.69, 9.17) is 4.74 Å². The Morgan fingerprint density at radius 1 is 0.833 bits per heavy atom. The van der Waals surface area contributed by atoms with Crippen LogP contribution in [0, 0.1) is 0 Å². The predicted octanol–water partition coefficient (Wildman–Crippen LogP) is 5.80. The van der Waals surface area contributed by atoms with Crippen LogP contribution in [0.15, 0.2) is 72.8 Å². The Kier molecular flexibility index (Phi) is 7.62. The second-order valence-corrected chi connectivity index (χ2v) is 9.50. The second kappa shape index (κ2) is 11.4. The van der Waals surface area contributed by atoms with Gasteiger partial charge in [0.15, 0.2) is 0 Å². The lowest BCUT2D eigenvalue weighted by Gasteiger charge is -2.24. The fraction of sp³-hybridized carbons (Fsp3) is 0.333. The van der Waals surface area contributed by atoms with Crippen LogP contribution in [0.1, 0.15) is 48.0 Å². The molecule has 0 bridgehead atoms. The minimum Gasteiger partial charge on any atom is -0.494 e. The number of nitrogens with one attached hydrogen (secondary N) is 1. The lowest BCUT2D eigenvalue weighted by molar-refractivity contribution is -0.117. The Balaban J connectivity index is 1.23. The highest BCUT2D eigenvalue weighted by Crippen LogP contribution is 2.38. The number of amides is 2. The largest absolute Gasteiger partial charge is 0.494 e. The number of para-hydroxylation sites is 3. The van der Waals surface area contributed by atoms with Gasteiger partial charge in [0.2, 0.25) is 5.91 Å². The topological polar surface area (TPSA) is 61.9 Å². The standard InChI is InChI=1S/C30H33N3O3/c34-29(33-27-12-5-3-10-25(27)30(35)31-26-11-4-6-13-28(26)33)22-23-14-16-24(17-15-23)36-21-9-20-32-18-7-1-2-8-19-32/h3-6,10-17H,1-2,7-9,18-22H2,(H,31,35). The summed E-state index contributed by atoms with van der Waals surface area (Å²) in [6.07, 6.45) is 6.55. The molecule has 1 saturated heterocycles. The Hall–Kier alpha value is -3.64. The summed E-state index contributed by atoms with van der Waals surface area (Å²) in [6.45, 7) is 4.19. The summed E-state index contributed by atoms with van der Waals surface area (Å²) in [5, 5.41) is 2.93. The number of hydrogen-bond acceptors (Lipinski definition) is 4. The number of anilines is 3. The van der Waals surface area contributed by atoms with Gasteiger partial charge in [0.05, 0.1) is 35.7 Å². The van der Waals surface area contributed by atoms with Gasteiger partial charge in [-0.2, -0.15) is 0 Å². The summed E-state index contributed by atoms with van der Waals surface area (Å²) in [4.78, 5) is 30.6. The predicted molar refractivity (Wildman–Crippen MR) is 143 cm³/mol. The molecule has 5 rings (SSSR count). The van der Waals surface area contributed by atoms with Gasteiger partial charge in [-0.15, -0.1) is 0 Å². The molecule has 0 spiro atoms. The number of benzene rings is 3. The van der Waals surface area contributed by atoms with Crippen LogP contribution in [0.3, 0.4) is 0 Å². The molecule has 0 radical (unpaired) electrons. The monoisotopic (exact) mass is 483 g/mol. The molecule has 2 aliphatic rings. The Bertz CT molecular complexity index is 1200. The van der Waals surface area contributed by atoms with Gasteiger partial charge in [0.1, 0.15) is 5.75 Å². The van der Waals surface area contributed by atoms with E-state index in [9.17, 15) is 9.59 Å². The van der Waals surface area contributed by atoms with Crippen molar-refractivity contribution in [1.29, 1.82) is 0 Å². The quantitative estimate of drug-likeness (QED) is 0.431. The van der Waals surface area contributed by atoms with E-state index in [1.807, 2.05) is 66.7 Å². The average Bonchev–Trinajstić information content (AvgIpc) is 3.24. The minimum absolute atomic E-state index is 0.0995. The van der Waals surface area contributed by atoms with Crippen LogP contribution in [0.4, 0.5) is 17.1 Å². The highest BCUT2D eigenvalue weighted by atomic mass is 16.5. The summed E-state index contributed by atoms with van der Waals surface area (Å²) in [7, 11) is 0. The Labute approximate surface area is 212 Å². The maximum Gasteiger partial charge on any atom is 0.257 e. The zero-order valence-electron chi connectivity index (χ0n) is 20.6. The van der Waals surface area contributed by atoms with Crippen molar-refractivity contribution in [3.63, 3.8) is 0 Å². The van der Waals surface area contributed by atoms with Crippen LogP contribution in [-0.2, 0) is 11.2 Å². The number of rotatable bonds is 7. The third kappa shape index (κ3) is 5.60. The first kappa shape index (κ1) is 24.1. The molecule has 1 fully saturated rings. The van der Waals surface area contributed by atoms with Crippen LogP contribution in [0.2, 0.25) is 0 Å². The molecular formula is C30H33N3O3. The number of ether oxygens (including phenoxy) is 1. The van der Waals surface area contributed by atoms with Crippen molar-refractivity contribution >= 4 is 28.9 Å². The van der Waals surface area contributed by atoms with E-state index in [1.165, 1.54) is 38.8 Å². The molecule has 0 atom stereocenters. The van der Waals surface area contributed by atoms with Crippen molar-refractivity contribution in [2.75, 3.05) is 36.5 Å². The van der Waals surface area contributed by atoms with Gasteiger partial charge in [-0.25, -0.2) is 0 Å². The van der Waals surface area contributed by atoms with Gasteiger partial charge in [0, 0.05) is 6.54 Å². The first-order valence-electron chi connectivity index (χ1n) is 13.0. The molecule has 0 unspecified atom stereocenters. The van der Waals surface area contributed by atoms with Crippen molar-refractivity contribution in [3.05, 3.63) is 83.9 Å². The molecule has 36 heavy (non-hydrogen) atoms. The minimum atomic E-state index is -0.217. The van der Waals surface area contributed by atoms with Gasteiger partial charge in [0.25, 0.3) is 5.91 Å². The zero-order valence-corrected chi connectivity index (χ0v) is 20.6. The number of fused-ring (bicyclic) bond motifs is 2. The normalized spacial score (nSPS) is 15.8. The molecule has 2 heterocycles. The number of carbonyl (C=O) groups is 2. The highest BCUT2D eigenvalue weighted by Gasteiger charge is 2.28. The molecule has 3 aromatic rings. The van der Waals surface area contributed by atoms with Crippen molar-refractivity contribution in [2.45, 2.75) is 38.5 Å². The average molecular weight is 484 g/mol. The van der Waals surface area contributed by atoms with E-state index in [0.717, 1.165) is 24.3 Å². The van der Waals surface area contributed by atoms with Gasteiger partial charge in [-0.3, -0.25) is 14.5 Å². The molecule has 2 amide bonds. The van der Waals surface area contributed by atoms with E-state index >= 15 is 0 Å². The maximum absolute atomic E-state index is 13.6. The fourth-order valence-corrected chi connectivity index (χ4v) is 5.02. The third-order valence-corrected chi connectivity index (χ3v) is 6.90. The fourth-order valence-electron chi connectivity index (χ4n) is 5.02. The second-order valence-electron chi connectivity index (χ2n) is 9.50. The molecule has 1 N–H and O–H groups in total. The van der Waals surface area contributed by atoms with E-state index in [2.05, 4.69) is 10.2 Å². The van der Waals surface area contributed by atoms with Crippen LogP contribution in [-0.4, -0.2) is 43.0 Å². The molecule has 2 aliphatic heterocycles. The molecular weight excluding hydrogens is 450 g/mol. The SMILES string of the molecule is O=C1Nc2ccccc2N(C(=O)Cc2ccc(OCCCN3CCCCCC3)cc2)c2ccccc21. The number of hydrogen-bond donors (Lipinski definition) is 1. The summed E-state index contributed by atoms with van der Waals surface area (Å²) in [6, 6.07) is 22.4. The van der Waals surface area contributed by atoms with Crippen LogP contribution < -0.4 is 15.0 Å². The molecule has 6 nitrogen and oxygen atoms in total. The van der Waals surface area contributed by atoms with Crippen LogP contribution in [0.5, 0.6) is 5.75 Å². The number of carbonyl (C=O) groups excluding carboxylic acids is 2. The maximum atomic E-state index is 13.6. The third-order valence-electron chi connectivity index (χ3n) is 6.90. The molecule has 0 aromatic heterocycles.